The highest BCUT2D eigenvalue weighted by Crippen LogP contribution is 2.30. The van der Waals surface area contributed by atoms with Crippen LogP contribution >= 0.6 is 23.2 Å². The van der Waals surface area contributed by atoms with Gasteiger partial charge in [-0.2, -0.15) is 0 Å². The van der Waals surface area contributed by atoms with Crippen LogP contribution in [0.3, 0.4) is 0 Å². The van der Waals surface area contributed by atoms with Gasteiger partial charge in [-0.25, -0.2) is 9.59 Å². The van der Waals surface area contributed by atoms with Crippen LogP contribution in [0.5, 0.6) is 5.75 Å². The second-order valence-corrected chi connectivity index (χ2v) is 9.10. The molecule has 1 N–H and O–H groups in total. The Morgan fingerprint density at radius 1 is 1.20 bits per heavy atom. The molecule has 2 aromatic carbocycles. The number of hydrogen-bond donors (Lipinski definition) is 1. The van der Waals surface area contributed by atoms with Gasteiger partial charge in [0.1, 0.15) is 11.8 Å². The Labute approximate surface area is 211 Å². The molecule has 0 radical (unpaired) electrons. The first-order valence-corrected chi connectivity index (χ1v) is 11.5. The zero-order chi connectivity index (χ0) is 25.7. The molecule has 1 aliphatic rings. The summed E-state index contributed by atoms with van der Waals surface area (Å²) >= 11 is 12.1. The standard InChI is InChI=1S/C23H23Cl2N3O7/c1-13(2)12-34-23(31)27-9-3-4-19(27)22(30)35-20-8-5-14(24)10-16(20)21(29)26-18-7-6-15(28(32)33)11-17(18)25/h5-8,10-11,13,19H,3-4,9,12H2,1-2H3,(H,26,29). The highest BCUT2D eigenvalue weighted by molar-refractivity contribution is 6.34. The fourth-order valence-electron chi connectivity index (χ4n) is 3.40. The number of nitro groups is 1. The topological polar surface area (TPSA) is 128 Å². The number of nitrogens with one attached hydrogen (secondary N) is 1. The van der Waals surface area contributed by atoms with E-state index in [0.29, 0.717) is 19.4 Å². The maximum absolute atomic E-state index is 12.9. The van der Waals surface area contributed by atoms with Crippen molar-refractivity contribution >= 4 is 52.5 Å². The number of halogens is 2. The van der Waals surface area contributed by atoms with Gasteiger partial charge in [-0.05, 0) is 43.0 Å². The molecule has 1 fully saturated rings. The van der Waals surface area contributed by atoms with Crippen molar-refractivity contribution in [3.63, 3.8) is 0 Å². The number of hydrogen-bond acceptors (Lipinski definition) is 7. The molecular weight excluding hydrogens is 501 g/mol. The number of carbonyl (C=O) groups excluding carboxylic acids is 3. The largest absolute Gasteiger partial charge is 0.449 e. The van der Waals surface area contributed by atoms with Crippen LogP contribution in [0.4, 0.5) is 16.2 Å². The van der Waals surface area contributed by atoms with Crippen LogP contribution in [0, 0.1) is 16.0 Å². The van der Waals surface area contributed by atoms with Gasteiger partial charge in [0, 0.05) is 23.7 Å². The van der Waals surface area contributed by atoms with Crippen molar-refractivity contribution < 1.29 is 28.8 Å². The minimum absolute atomic E-state index is 0.0466. The number of nitrogens with zero attached hydrogens (tertiary/aromatic N) is 2. The average Bonchev–Trinajstić information content (AvgIpc) is 3.30. The van der Waals surface area contributed by atoms with Crippen molar-refractivity contribution in [3.8, 4) is 5.75 Å². The summed E-state index contributed by atoms with van der Waals surface area (Å²) in [7, 11) is 0. The van der Waals surface area contributed by atoms with Gasteiger partial charge >= 0.3 is 12.1 Å². The second kappa shape index (κ2) is 11.4. The molecule has 0 saturated carbocycles. The molecule has 1 aliphatic heterocycles. The molecular formula is C23H23Cl2N3O7. The van der Waals surface area contributed by atoms with Crippen molar-refractivity contribution in [1.82, 2.24) is 4.90 Å². The minimum Gasteiger partial charge on any atom is -0.449 e. The van der Waals surface area contributed by atoms with Crippen molar-refractivity contribution in [2.45, 2.75) is 32.7 Å². The van der Waals surface area contributed by atoms with Crippen LogP contribution in [-0.4, -0.2) is 47.0 Å². The molecule has 12 heteroatoms. The summed E-state index contributed by atoms with van der Waals surface area (Å²) in [5, 5.41) is 13.6. The number of benzene rings is 2. The van der Waals surface area contributed by atoms with Gasteiger partial charge in [0.2, 0.25) is 0 Å². The van der Waals surface area contributed by atoms with Crippen LogP contribution in [0.25, 0.3) is 0 Å². The van der Waals surface area contributed by atoms with E-state index in [0.717, 1.165) is 6.07 Å². The Hall–Kier alpha value is -3.37. The third-order valence-corrected chi connectivity index (χ3v) is 5.66. The first-order chi connectivity index (χ1) is 16.6. The molecule has 0 spiro atoms. The monoisotopic (exact) mass is 523 g/mol. The van der Waals surface area contributed by atoms with E-state index < -0.39 is 28.9 Å². The molecule has 35 heavy (non-hydrogen) atoms. The number of amides is 2. The zero-order valence-electron chi connectivity index (χ0n) is 19.0. The summed E-state index contributed by atoms with van der Waals surface area (Å²) in [4.78, 5) is 49.9. The third-order valence-electron chi connectivity index (χ3n) is 5.11. The lowest BCUT2D eigenvalue weighted by Crippen LogP contribution is -2.43. The third kappa shape index (κ3) is 6.61. The lowest BCUT2D eigenvalue weighted by atomic mass is 10.1. The number of carbonyl (C=O) groups is 3. The molecule has 0 bridgehead atoms. The number of anilines is 1. The number of likely N-dealkylation sites (tertiary alicyclic amines) is 1. The van der Waals surface area contributed by atoms with E-state index in [-0.39, 0.29) is 45.3 Å². The molecule has 2 aromatic rings. The minimum atomic E-state index is -0.856. The number of ether oxygens (including phenoxy) is 2. The molecule has 0 aromatic heterocycles. The number of non-ortho nitro benzene ring substituents is 1. The van der Waals surface area contributed by atoms with Gasteiger partial charge in [-0.1, -0.05) is 37.0 Å². The first-order valence-electron chi connectivity index (χ1n) is 10.8. The number of rotatable bonds is 7. The molecule has 10 nitrogen and oxygen atoms in total. The Morgan fingerprint density at radius 2 is 1.94 bits per heavy atom. The maximum Gasteiger partial charge on any atom is 0.410 e. The lowest BCUT2D eigenvalue weighted by molar-refractivity contribution is -0.384. The summed E-state index contributed by atoms with van der Waals surface area (Å²) in [6.07, 6.45) is 0.395. The maximum atomic E-state index is 12.9. The normalized spacial score (nSPS) is 15.1. The summed E-state index contributed by atoms with van der Waals surface area (Å²) in [6.45, 7) is 4.38. The van der Waals surface area contributed by atoms with Crippen molar-refractivity contribution in [1.29, 1.82) is 0 Å². The zero-order valence-corrected chi connectivity index (χ0v) is 20.5. The summed E-state index contributed by atoms with van der Waals surface area (Å²) in [6, 6.07) is 6.84. The molecule has 1 atom stereocenters. The Kier molecular flexibility index (Phi) is 8.52. The van der Waals surface area contributed by atoms with E-state index in [1.807, 2.05) is 13.8 Å². The summed E-state index contributed by atoms with van der Waals surface area (Å²) in [5.41, 5.74) is -0.181. The quantitative estimate of drug-likeness (QED) is 0.225. The van der Waals surface area contributed by atoms with E-state index in [1.165, 1.54) is 35.2 Å². The lowest BCUT2D eigenvalue weighted by Gasteiger charge is -2.23. The SMILES string of the molecule is CC(C)COC(=O)N1CCCC1C(=O)Oc1ccc(Cl)cc1C(=O)Nc1ccc([N+](=O)[O-])cc1Cl. The Balaban J connectivity index is 1.77. The van der Waals surface area contributed by atoms with E-state index >= 15 is 0 Å². The van der Waals surface area contributed by atoms with Crippen LogP contribution in [0.15, 0.2) is 36.4 Å². The molecule has 2 amide bonds. The van der Waals surface area contributed by atoms with Crippen molar-refractivity contribution in [2.24, 2.45) is 5.92 Å². The molecule has 3 rings (SSSR count). The van der Waals surface area contributed by atoms with Gasteiger partial charge in [0.25, 0.3) is 11.6 Å². The summed E-state index contributed by atoms with van der Waals surface area (Å²) < 4.78 is 10.7. The van der Waals surface area contributed by atoms with Crippen molar-refractivity contribution in [3.05, 3.63) is 62.1 Å². The first kappa shape index (κ1) is 26.2. The fourth-order valence-corrected chi connectivity index (χ4v) is 3.80. The van der Waals surface area contributed by atoms with E-state index in [2.05, 4.69) is 5.32 Å². The molecule has 1 unspecified atom stereocenters. The number of nitro benzene ring substituents is 1. The van der Waals surface area contributed by atoms with Gasteiger partial charge < -0.3 is 14.8 Å². The Morgan fingerprint density at radius 3 is 2.60 bits per heavy atom. The van der Waals surface area contributed by atoms with Crippen LogP contribution < -0.4 is 10.1 Å². The van der Waals surface area contributed by atoms with E-state index in [1.54, 1.807) is 0 Å². The van der Waals surface area contributed by atoms with Gasteiger partial charge in [-0.15, -0.1) is 0 Å². The highest BCUT2D eigenvalue weighted by atomic mass is 35.5. The second-order valence-electron chi connectivity index (χ2n) is 8.26. The predicted octanol–water partition coefficient (Wildman–Crippen LogP) is 5.32. The molecule has 0 aliphatic carbocycles. The van der Waals surface area contributed by atoms with E-state index in [4.69, 9.17) is 32.7 Å². The fraction of sp³-hybridized carbons (Fsp3) is 0.348. The van der Waals surface area contributed by atoms with Gasteiger partial charge in [-0.3, -0.25) is 19.8 Å². The van der Waals surface area contributed by atoms with Gasteiger partial charge in [0.15, 0.2) is 0 Å². The van der Waals surface area contributed by atoms with Crippen LogP contribution in [0.1, 0.15) is 37.0 Å². The number of esters is 1. The van der Waals surface area contributed by atoms with Gasteiger partial charge in [0.05, 0.1) is 27.8 Å². The van der Waals surface area contributed by atoms with Crippen molar-refractivity contribution in [2.75, 3.05) is 18.5 Å². The molecule has 1 heterocycles. The van der Waals surface area contributed by atoms with Crippen LogP contribution in [-0.2, 0) is 9.53 Å². The highest BCUT2D eigenvalue weighted by Gasteiger charge is 2.37. The average molecular weight is 524 g/mol. The Bertz CT molecular complexity index is 1160. The summed E-state index contributed by atoms with van der Waals surface area (Å²) in [5.74, 6) is -1.34. The van der Waals surface area contributed by atoms with E-state index in [9.17, 15) is 24.5 Å². The molecule has 186 valence electrons. The predicted molar refractivity (Wildman–Crippen MR) is 129 cm³/mol. The smallest absolute Gasteiger partial charge is 0.410 e. The van der Waals surface area contributed by atoms with Crippen LogP contribution in [0.2, 0.25) is 10.0 Å². The molecule has 1 saturated heterocycles.